The topological polar surface area (TPSA) is 70.7 Å². The molecule has 0 aliphatic carbocycles. The summed E-state index contributed by atoms with van der Waals surface area (Å²) >= 11 is 0. The first-order chi connectivity index (χ1) is 16.3. The standard InChI is InChI=1S/C28H33N3O3/c1-20-9-7-11-22(17-20)27(32)29-24-13-14-26(34-16-6-5-15-31(3)4)25(19-24)30-28(33)23-12-8-10-21(2)18-23/h7-14,17-19H,5-6,15-16H2,1-4H3,(H,29,32)(H,30,33). The molecular formula is C28H33N3O3. The molecule has 0 heterocycles. The molecule has 3 aromatic carbocycles. The highest BCUT2D eigenvalue weighted by Crippen LogP contribution is 2.29. The number of hydrogen-bond donors (Lipinski definition) is 2. The summed E-state index contributed by atoms with van der Waals surface area (Å²) in [5.41, 5.74) is 4.24. The number of anilines is 2. The van der Waals surface area contributed by atoms with Crippen LogP contribution in [0.3, 0.4) is 0 Å². The number of hydrogen-bond acceptors (Lipinski definition) is 4. The molecule has 0 aliphatic rings. The van der Waals surface area contributed by atoms with Crippen LogP contribution in [-0.4, -0.2) is 44.0 Å². The SMILES string of the molecule is Cc1cccc(C(=O)Nc2ccc(OCCCCN(C)C)c(NC(=O)c3cccc(C)c3)c2)c1. The summed E-state index contributed by atoms with van der Waals surface area (Å²) in [4.78, 5) is 27.7. The van der Waals surface area contributed by atoms with Crippen molar-refractivity contribution in [2.75, 3.05) is 37.9 Å². The molecule has 34 heavy (non-hydrogen) atoms. The van der Waals surface area contributed by atoms with Crippen LogP contribution in [0.5, 0.6) is 5.75 Å². The molecule has 0 bridgehead atoms. The molecule has 0 fully saturated rings. The van der Waals surface area contributed by atoms with Gasteiger partial charge in [-0.1, -0.05) is 35.4 Å². The Morgan fingerprint density at radius 1 is 0.794 bits per heavy atom. The molecular weight excluding hydrogens is 426 g/mol. The number of nitrogens with one attached hydrogen (secondary N) is 2. The van der Waals surface area contributed by atoms with Gasteiger partial charge in [-0.05, 0) is 89.8 Å². The smallest absolute Gasteiger partial charge is 0.255 e. The number of carbonyl (C=O) groups excluding carboxylic acids is 2. The van der Waals surface area contributed by atoms with E-state index < -0.39 is 0 Å². The van der Waals surface area contributed by atoms with Gasteiger partial charge in [-0.15, -0.1) is 0 Å². The Bertz CT molecular complexity index is 1140. The number of ether oxygens (including phenoxy) is 1. The van der Waals surface area contributed by atoms with E-state index in [0.29, 0.717) is 34.9 Å². The lowest BCUT2D eigenvalue weighted by molar-refractivity contribution is 0.101. The summed E-state index contributed by atoms with van der Waals surface area (Å²) in [5, 5.41) is 5.86. The highest BCUT2D eigenvalue weighted by molar-refractivity contribution is 6.07. The zero-order valence-corrected chi connectivity index (χ0v) is 20.4. The van der Waals surface area contributed by atoms with Gasteiger partial charge in [0.15, 0.2) is 0 Å². The predicted octanol–water partition coefficient (Wildman–Crippen LogP) is 5.53. The molecule has 0 aliphatic heterocycles. The van der Waals surface area contributed by atoms with Crippen molar-refractivity contribution in [2.24, 2.45) is 0 Å². The maximum Gasteiger partial charge on any atom is 0.255 e. The average molecular weight is 460 g/mol. The van der Waals surface area contributed by atoms with Gasteiger partial charge in [0.2, 0.25) is 0 Å². The van der Waals surface area contributed by atoms with Crippen LogP contribution < -0.4 is 15.4 Å². The number of amides is 2. The van der Waals surface area contributed by atoms with Crippen LogP contribution >= 0.6 is 0 Å². The highest BCUT2D eigenvalue weighted by atomic mass is 16.5. The lowest BCUT2D eigenvalue weighted by atomic mass is 10.1. The van der Waals surface area contributed by atoms with Crippen molar-refractivity contribution in [1.82, 2.24) is 4.90 Å². The van der Waals surface area contributed by atoms with Gasteiger partial charge < -0.3 is 20.3 Å². The quantitative estimate of drug-likeness (QED) is 0.391. The van der Waals surface area contributed by atoms with E-state index in [-0.39, 0.29) is 11.8 Å². The van der Waals surface area contributed by atoms with Crippen LogP contribution in [0.15, 0.2) is 66.7 Å². The summed E-state index contributed by atoms with van der Waals surface area (Å²) in [7, 11) is 4.09. The Labute approximate surface area is 201 Å². The molecule has 6 heteroatoms. The maximum absolute atomic E-state index is 12.9. The van der Waals surface area contributed by atoms with Gasteiger partial charge in [-0.3, -0.25) is 9.59 Å². The predicted molar refractivity (Wildman–Crippen MR) is 138 cm³/mol. The normalized spacial score (nSPS) is 10.7. The molecule has 6 nitrogen and oxygen atoms in total. The molecule has 0 aromatic heterocycles. The monoisotopic (exact) mass is 459 g/mol. The van der Waals surface area contributed by atoms with Gasteiger partial charge in [0.1, 0.15) is 5.75 Å². The molecule has 2 N–H and O–H groups in total. The minimum atomic E-state index is -0.233. The zero-order chi connectivity index (χ0) is 24.5. The number of benzene rings is 3. The van der Waals surface area contributed by atoms with Gasteiger partial charge in [0.05, 0.1) is 12.3 Å². The van der Waals surface area contributed by atoms with Crippen LogP contribution in [-0.2, 0) is 0 Å². The van der Waals surface area contributed by atoms with E-state index in [4.69, 9.17) is 4.74 Å². The average Bonchev–Trinajstić information content (AvgIpc) is 2.80. The van der Waals surface area contributed by atoms with Gasteiger partial charge in [-0.25, -0.2) is 0 Å². The van der Waals surface area contributed by atoms with Gasteiger partial charge in [-0.2, -0.15) is 0 Å². The molecule has 0 unspecified atom stereocenters. The van der Waals surface area contributed by atoms with Crippen molar-refractivity contribution in [3.05, 3.63) is 89.0 Å². The summed E-state index contributed by atoms with van der Waals surface area (Å²) < 4.78 is 5.99. The third-order valence-corrected chi connectivity index (χ3v) is 5.30. The fraction of sp³-hybridized carbons (Fsp3) is 0.286. The van der Waals surface area contributed by atoms with Crippen LogP contribution in [0.1, 0.15) is 44.7 Å². The third kappa shape index (κ3) is 7.46. The minimum Gasteiger partial charge on any atom is -0.491 e. The molecule has 2 amide bonds. The Morgan fingerprint density at radius 2 is 1.41 bits per heavy atom. The summed E-state index contributed by atoms with van der Waals surface area (Å²) in [6.45, 7) is 5.42. The fourth-order valence-electron chi connectivity index (χ4n) is 3.51. The number of aryl methyl sites for hydroxylation is 2. The summed E-state index contributed by atoms with van der Waals surface area (Å²) in [6.07, 6.45) is 1.91. The lowest BCUT2D eigenvalue weighted by Gasteiger charge is -2.16. The van der Waals surface area contributed by atoms with Crippen molar-refractivity contribution in [3.63, 3.8) is 0 Å². The molecule has 0 saturated carbocycles. The van der Waals surface area contributed by atoms with Crippen LogP contribution in [0, 0.1) is 13.8 Å². The summed E-state index contributed by atoms with van der Waals surface area (Å²) in [6, 6.07) is 20.1. The number of rotatable bonds is 10. The molecule has 0 spiro atoms. The van der Waals surface area contributed by atoms with Gasteiger partial charge in [0, 0.05) is 16.8 Å². The second kappa shape index (κ2) is 12.0. The molecule has 3 rings (SSSR count). The molecule has 3 aromatic rings. The van der Waals surface area contributed by atoms with Crippen molar-refractivity contribution < 1.29 is 14.3 Å². The van der Waals surface area contributed by atoms with E-state index in [1.807, 2.05) is 64.3 Å². The van der Waals surface area contributed by atoms with E-state index in [1.54, 1.807) is 30.3 Å². The Morgan fingerprint density at radius 3 is 2.00 bits per heavy atom. The number of carbonyl (C=O) groups is 2. The highest BCUT2D eigenvalue weighted by Gasteiger charge is 2.13. The van der Waals surface area contributed by atoms with E-state index >= 15 is 0 Å². The first kappa shape index (κ1) is 25.0. The Kier molecular flexibility index (Phi) is 8.82. The second-order valence-corrected chi connectivity index (χ2v) is 8.72. The molecule has 0 saturated heterocycles. The number of nitrogens with zero attached hydrogens (tertiary/aromatic N) is 1. The molecule has 178 valence electrons. The van der Waals surface area contributed by atoms with Gasteiger partial charge >= 0.3 is 0 Å². The number of unbranched alkanes of at least 4 members (excludes halogenated alkanes) is 1. The van der Waals surface area contributed by atoms with Crippen LogP contribution in [0.4, 0.5) is 11.4 Å². The zero-order valence-electron chi connectivity index (χ0n) is 20.4. The second-order valence-electron chi connectivity index (χ2n) is 8.72. The Hall–Kier alpha value is -3.64. The molecule has 0 radical (unpaired) electrons. The first-order valence-corrected chi connectivity index (χ1v) is 11.5. The maximum atomic E-state index is 12.9. The first-order valence-electron chi connectivity index (χ1n) is 11.5. The molecule has 0 atom stereocenters. The summed E-state index contributed by atoms with van der Waals surface area (Å²) in [5.74, 6) is 0.125. The van der Waals surface area contributed by atoms with Gasteiger partial charge in [0.25, 0.3) is 11.8 Å². The van der Waals surface area contributed by atoms with Crippen LogP contribution in [0.25, 0.3) is 0 Å². The van der Waals surface area contributed by atoms with Crippen molar-refractivity contribution >= 4 is 23.2 Å². The van der Waals surface area contributed by atoms with Crippen LogP contribution in [0.2, 0.25) is 0 Å². The van der Waals surface area contributed by atoms with E-state index in [9.17, 15) is 9.59 Å². The Balaban J connectivity index is 1.77. The van der Waals surface area contributed by atoms with E-state index in [1.165, 1.54) is 0 Å². The van der Waals surface area contributed by atoms with E-state index in [2.05, 4.69) is 15.5 Å². The van der Waals surface area contributed by atoms with E-state index in [0.717, 1.165) is 30.5 Å². The third-order valence-electron chi connectivity index (χ3n) is 5.30. The van der Waals surface area contributed by atoms with Crippen molar-refractivity contribution in [1.29, 1.82) is 0 Å². The van der Waals surface area contributed by atoms with Crippen molar-refractivity contribution in [3.8, 4) is 5.75 Å². The largest absolute Gasteiger partial charge is 0.491 e. The van der Waals surface area contributed by atoms with Crippen molar-refractivity contribution in [2.45, 2.75) is 26.7 Å². The fourth-order valence-corrected chi connectivity index (χ4v) is 3.51. The minimum absolute atomic E-state index is 0.211. The lowest BCUT2D eigenvalue weighted by Crippen LogP contribution is -2.16.